The van der Waals surface area contributed by atoms with Crippen molar-refractivity contribution in [3.8, 4) is 5.75 Å². The van der Waals surface area contributed by atoms with Crippen LogP contribution in [0.5, 0.6) is 5.75 Å². The van der Waals surface area contributed by atoms with Gasteiger partial charge >= 0.3 is 0 Å². The standard InChI is InChI=1S/C18H18O/c1-19-17-7-6-13-10-16(5-4-14(13)11-17)18-9-12-2-3-15(18)8-12/h4-7,9-12,15H,2-3,8H2,1H3. The van der Waals surface area contributed by atoms with Crippen LogP contribution in [0, 0.1) is 11.8 Å². The molecule has 1 saturated carbocycles. The van der Waals surface area contributed by atoms with E-state index in [2.05, 4.69) is 36.4 Å². The second-order valence-corrected chi connectivity index (χ2v) is 5.82. The second kappa shape index (κ2) is 4.12. The zero-order chi connectivity index (χ0) is 12.8. The van der Waals surface area contributed by atoms with E-state index in [4.69, 9.17) is 4.74 Å². The first kappa shape index (κ1) is 11.1. The van der Waals surface area contributed by atoms with Gasteiger partial charge in [0.05, 0.1) is 7.11 Å². The van der Waals surface area contributed by atoms with Crippen LogP contribution >= 0.6 is 0 Å². The Labute approximate surface area is 113 Å². The van der Waals surface area contributed by atoms with Crippen LogP contribution in [0.25, 0.3) is 16.3 Å². The maximum atomic E-state index is 5.28. The van der Waals surface area contributed by atoms with Crippen molar-refractivity contribution in [3.05, 3.63) is 48.0 Å². The summed E-state index contributed by atoms with van der Waals surface area (Å²) in [5.41, 5.74) is 3.01. The molecule has 2 bridgehead atoms. The molecule has 1 heteroatoms. The SMILES string of the molecule is COc1ccc2cc(C3=CC4CCC3C4)ccc2c1. The highest BCUT2D eigenvalue weighted by atomic mass is 16.5. The van der Waals surface area contributed by atoms with E-state index >= 15 is 0 Å². The van der Waals surface area contributed by atoms with Gasteiger partial charge < -0.3 is 4.74 Å². The zero-order valence-electron chi connectivity index (χ0n) is 11.2. The number of allylic oxidation sites excluding steroid dienone is 2. The van der Waals surface area contributed by atoms with Crippen LogP contribution in [-0.2, 0) is 0 Å². The molecule has 0 radical (unpaired) electrons. The van der Waals surface area contributed by atoms with E-state index in [-0.39, 0.29) is 0 Å². The van der Waals surface area contributed by atoms with Crippen LogP contribution in [0.1, 0.15) is 24.8 Å². The lowest BCUT2D eigenvalue weighted by atomic mass is 9.91. The Hall–Kier alpha value is -1.76. The van der Waals surface area contributed by atoms with E-state index in [1.54, 1.807) is 12.7 Å². The molecule has 0 aromatic heterocycles. The third-order valence-electron chi connectivity index (χ3n) is 4.71. The van der Waals surface area contributed by atoms with Gasteiger partial charge in [-0.05, 0) is 71.2 Å². The molecule has 0 aliphatic heterocycles. The molecule has 2 atom stereocenters. The van der Waals surface area contributed by atoms with Crippen molar-refractivity contribution >= 4 is 16.3 Å². The third kappa shape index (κ3) is 1.76. The molecule has 0 N–H and O–H groups in total. The van der Waals surface area contributed by atoms with Gasteiger partial charge in [0.2, 0.25) is 0 Å². The molecule has 0 amide bonds. The summed E-state index contributed by atoms with van der Waals surface area (Å²) >= 11 is 0. The first-order valence-corrected chi connectivity index (χ1v) is 7.13. The Morgan fingerprint density at radius 2 is 1.84 bits per heavy atom. The summed E-state index contributed by atoms with van der Waals surface area (Å²) < 4.78 is 5.28. The quantitative estimate of drug-likeness (QED) is 0.753. The fraction of sp³-hybridized carbons (Fsp3) is 0.333. The summed E-state index contributed by atoms with van der Waals surface area (Å²) in [6.45, 7) is 0. The van der Waals surface area contributed by atoms with E-state index in [1.807, 2.05) is 6.07 Å². The number of benzene rings is 2. The molecule has 0 spiro atoms. The van der Waals surface area contributed by atoms with Crippen molar-refractivity contribution in [1.82, 2.24) is 0 Å². The number of methoxy groups -OCH3 is 1. The Balaban J connectivity index is 1.78. The Morgan fingerprint density at radius 1 is 1.00 bits per heavy atom. The highest BCUT2D eigenvalue weighted by molar-refractivity contribution is 5.88. The minimum absolute atomic E-state index is 0.820. The van der Waals surface area contributed by atoms with E-state index in [9.17, 15) is 0 Å². The number of hydrogen-bond donors (Lipinski definition) is 0. The predicted octanol–water partition coefficient (Wildman–Crippen LogP) is 4.66. The molecule has 4 rings (SSSR count). The molecular formula is C18H18O. The zero-order valence-corrected chi connectivity index (χ0v) is 11.2. The smallest absolute Gasteiger partial charge is 0.119 e. The summed E-state index contributed by atoms with van der Waals surface area (Å²) in [5, 5.41) is 2.56. The maximum Gasteiger partial charge on any atom is 0.119 e. The molecule has 1 nitrogen and oxygen atoms in total. The fourth-order valence-corrected chi connectivity index (χ4v) is 3.70. The minimum Gasteiger partial charge on any atom is -0.497 e. The van der Waals surface area contributed by atoms with Crippen molar-refractivity contribution in [2.75, 3.05) is 7.11 Å². The monoisotopic (exact) mass is 250 g/mol. The van der Waals surface area contributed by atoms with E-state index in [0.29, 0.717) is 0 Å². The summed E-state index contributed by atoms with van der Waals surface area (Å²) in [6, 6.07) is 13.1. The average molecular weight is 250 g/mol. The van der Waals surface area contributed by atoms with Gasteiger partial charge in [0, 0.05) is 0 Å². The first-order valence-electron chi connectivity index (χ1n) is 7.13. The average Bonchev–Trinajstić information content (AvgIpc) is 3.09. The number of rotatable bonds is 2. The molecule has 19 heavy (non-hydrogen) atoms. The maximum absolute atomic E-state index is 5.28. The summed E-state index contributed by atoms with van der Waals surface area (Å²) in [4.78, 5) is 0. The Kier molecular flexibility index (Phi) is 2.41. The lowest BCUT2D eigenvalue weighted by Crippen LogP contribution is -1.96. The molecule has 0 heterocycles. The fourth-order valence-electron chi connectivity index (χ4n) is 3.70. The third-order valence-corrected chi connectivity index (χ3v) is 4.71. The van der Waals surface area contributed by atoms with Crippen LogP contribution in [0.3, 0.4) is 0 Å². The van der Waals surface area contributed by atoms with Crippen molar-refractivity contribution in [2.24, 2.45) is 11.8 Å². The molecule has 2 aromatic carbocycles. The normalized spacial score (nSPS) is 24.8. The van der Waals surface area contributed by atoms with Crippen LogP contribution < -0.4 is 4.74 Å². The van der Waals surface area contributed by atoms with E-state index in [0.717, 1.165) is 17.6 Å². The highest BCUT2D eigenvalue weighted by Gasteiger charge is 2.33. The second-order valence-electron chi connectivity index (χ2n) is 5.82. The van der Waals surface area contributed by atoms with Gasteiger partial charge in [-0.25, -0.2) is 0 Å². The lowest BCUT2D eigenvalue weighted by Gasteiger charge is -2.14. The van der Waals surface area contributed by atoms with Gasteiger partial charge in [-0.3, -0.25) is 0 Å². The molecular weight excluding hydrogens is 232 g/mol. The number of fused-ring (bicyclic) bond motifs is 3. The lowest BCUT2D eigenvalue weighted by molar-refractivity contribution is 0.415. The molecule has 0 saturated heterocycles. The van der Waals surface area contributed by atoms with Crippen molar-refractivity contribution in [2.45, 2.75) is 19.3 Å². The van der Waals surface area contributed by atoms with E-state index < -0.39 is 0 Å². The van der Waals surface area contributed by atoms with E-state index in [1.165, 1.54) is 35.6 Å². The van der Waals surface area contributed by atoms with Gasteiger partial charge in [0.15, 0.2) is 0 Å². The van der Waals surface area contributed by atoms with Gasteiger partial charge in [0.1, 0.15) is 5.75 Å². The Morgan fingerprint density at radius 3 is 2.58 bits per heavy atom. The van der Waals surface area contributed by atoms with Crippen LogP contribution in [0.4, 0.5) is 0 Å². The predicted molar refractivity (Wildman–Crippen MR) is 79.3 cm³/mol. The number of ether oxygens (including phenoxy) is 1. The van der Waals surface area contributed by atoms with Crippen LogP contribution in [0.2, 0.25) is 0 Å². The van der Waals surface area contributed by atoms with Gasteiger partial charge in [0.25, 0.3) is 0 Å². The van der Waals surface area contributed by atoms with Crippen LogP contribution in [0.15, 0.2) is 42.5 Å². The summed E-state index contributed by atoms with van der Waals surface area (Å²) in [5.74, 6) is 2.60. The van der Waals surface area contributed by atoms with Crippen molar-refractivity contribution in [3.63, 3.8) is 0 Å². The van der Waals surface area contributed by atoms with Crippen LogP contribution in [-0.4, -0.2) is 7.11 Å². The minimum atomic E-state index is 0.820. The van der Waals surface area contributed by atoms with Gasteiger partial charge in [-0.2, -0.15) is 0 Å². The molecule has 2 aliphatic rings. The van der Waals surface area contributed by atoms with Gasteiger partial charge in [-0.15, -0.1) is 0 Å². The van der Waals surface area contributed by atoms with Gasteiger partial charge in [-0.1, -0.05) is 24.3 Å². The highest BCUT2D eigenvalue weighted by Crippen LogP contribution is 2.48. The largest absolute Gasteiger partial charge is 0.497 e. The molecule has 1 fully saturated rings. The first-order chi connectivity index (χ1) is 9.33. The van der Waals surface area contributed by atoms with Crippen molar-refractivity contribution < 1.29 is 4.74 Å². The molecule has 96 valence electrons. The molecule has 2 aromatic rings. The Bertz CT molecular complexity index is 668. The molecule has 2 aliphatic carbocycles. The number of hydrogen-bond acceptors (Lipinski definition) is 1. The van der Waals surface area contributed by atoms with Crippen molar-refractivity contribution in [1.29, 1.82) is 0 Å². The molecule has 2 unspecified atom stereocenters. The summed E-state index contributed by atoms with van der Waals surface area (Å²) in [7, 11) is 1.72. The summed E-state index contributed by atoms with van der Waals surface area (Å²) in [6.07, 6.45) is 6.69. The topological polar surface area (TPSA) is 9.23 Å².